The van der Waals surface area contributed by atoms with E-state index in [0.717, 1.165) is 5.01 Å². The lowest BCUT2D eigenvalue weighted by Gasteiger charge is -2.09. The molecule has 0 unspecified atom stereocenters. The Hall–Kier alpha value is -1.75. The summed E-state index contributed by atoms with van der Waals surface area (Å²) in [5.74, 6) is 0.541. The Balaban J connectivity index is 2.25. The molecule has 0 radical (unpaired) electrons. The lowest BCUT2D eigenvalue weighted by molar-refractivity contribution is 0.104. The molecule has 0 aliphatic rings. The molecule has 0 saturated heterocycles. The summed E-state index contributed by atoms with van der Waals surface area (Å²) in [6, 6.07) is 1.71. The highest BCUT2D eigenvalue weighted by atomic mass is 32.1. The second-order valence-corrected chi connectivity index (χ2v) is 5.38. The lowest BCUT2D eigenvalue weighted by atomic mass is 10.1. The van der Waals surface area contributed by atoms with Crippen LogP contribution in [0.3, 0.4) is 0 Å². The van der Waals surface area contributed by atoms with Gasteiger partial charge in [-0.3, -0.25) is 9.78 Å². The number of nitrogens with zero attached hydrogens (tertiary/aromatic N) is 2. The molecule has 18 heavy (non-hydrogen) atoms. The Morgan fingerprint density at radius 2 is 2.11 bits per heavy atom. The van der Waals surface area contributed by atoms with Crippen molar-refractivity contribution in [2.75, 3.05) is 0 Å². The van der Waals surface area contributed by atoms with Gasteiger partial charge in [-0.05, 0) is 26.8 Å². The minimum atomic E-state index is -0.0673. The third-order valence-corrected chi connectivity index (χ3v) is 3.10. The molecule has 94 valence electrons. The van der Waals surface area contributed by atoms with E-state index >= 15 is 0 Å². The topological polar surface area (TPSA) is 52.1 Å². The Morgan fingerprint density at radius 1 is 1.33 bits per heavy atom. The Bertz CT molecular complexity index is 564. The number of carbonyl (C=O) groups excluding carboxylic acids is 1. The fourth-order valence-corrected chi connectivity index (χ4v) is 2.23. The molecule has 0 aliphatic heterocycles. The molecule has 0 N–H and O–H groups in total. The molecular formula is C13H14N2O2S. The summed E-state index contributed by atoms with van der Waals surface area (Å²) < 4.78 is 5.52. The molecule has 0 atom stereocenters. The molecule has 5 heteroatoms. The third kappa shape index (κ3) is 2.92. The van der Waals surface area contributed by atoms with Gasteiger partial charge < -0.3 is 4.74 Å². The summed E-state index contributed by atoms with van der Waals surface area (Å²) in [5, 5.41) is 0.876. The van der Waals surface area contributed by atoms with Gasteiger partial charge in [-0.2, -0.15) is 0 Å². The minimum absolute atomic E-state index is 0.0581. The number of ether oxygens (including phenoxy) is 1. The van der Waals surface area contributed by atoms with Gasteiger partial charge in [0.25, 0.3) is 0 Å². The first-order valence-electron chi connectivity index (χ1n) is 5.65. The van der Waals surface area contributed by atoms with Crippen LogP contribution in [0, 0.1) is 6.92 Å². The van der Waals surface area contributed by atoms with Gasteiger partial charge in [0.1, 0.15) is 5.75 Å². The zero-order valence-electron chi connectivity index (χ0n) is 10.5. The molecule has 0 aliphatic carbocycles. The molecule has 2 aromatic rings. The number of hydrogen-bond acceptors (Lipinski definition) is 5. The van der Waals surface area contributed by atoms with E-state index in [9.17, 15) is 4.79 Å². The van der Waals surface area contributed by atoms with Crippen LogP contribution in [0.4, 0.5) is 0 Å². The average molecular weight is 262 g/mol. The quantitative estimate of drug-likeness (QED) is 0.795. The summed E-state index contributed by atoms with van der Waals surface area (Å²) in [4.78, 5) is 20.9. The maximum absolute atomic E-state index is 12.2. The molecule has 0 spiro atoms. The van der Waals surface area contributed by atoms with Gasteiger partial charge in [0, 0.05) is 18.0 Å². The van der Waals surface area contributed by atoms with Crippen LogP contribution in [0.5, 0.6) is 5.75 Å². The van der Waals surface area contributed by atoms with Crippen LogP contribution in [0.25, 0.3) is 0 Å². The third-order valence-electron chi connectivity index (χ3n) is 2.19. The monoisotopic (exact) mass is 262 g/mol. The van der Waals surface area contributed by atoms with E-state index in [-0.39, 0.29) is 11.9 Å². The van der Waals surface area contributed by atoms with E-state index in [4.69, 9.17) is 4.74 Å². The maximum Gasteiger partial charge on any atom is 0.206 e. The SMILES string of the molecule is Cc1ncc(C(=O)c2cncc(OC(C)C)c2)s1. The lowest BCUT2D eigenvalue weighted by Crippen LogP contribution is -2.07. The highest BCUT2D eigenvalue weighted by Crippen LogP contribution is 2.19. The molecule has 0 bridgehead atoms. The Labute approximate surface area is 110 Å². The molecule has 4 nitrogen and oxygen atoms in total. The van der Waals surface area contributed by atoms with E-state index in [0.29, 0.717) is 16.2 Å². The van der Waals surface area contributed by atoms with Crippen molar-refractivity contribution in [3.8, 4) is 5.75 Å². The van der Waals surface area contributed by atoms with Gasteiger partial charge in [0.05, 0.1) is 22.2 Å². The first-order chi connectivity index (χ1) is 8.56. The number of aromatic nitrogens is 2. The van der Waals surface area contributed by atoms with E-state index in [1.165, 1.54) is 11.3 Å². The van der Waals surface area contributed by atoms with Crippen molar-refractivity contribution in [1.82, 2.24) is 9.97 Å². The number of rotatable bonds is 4. The van der Waals surface area contributed by atoms with Crippen molar-refractivity contribution in [3.63, 3.8) is 0 Å². The van der Waals surface area contributed by atoms with Crippen LogP contribution in [0.2, 0.25) is 0 Å². The number of hydrogen-bond donors (Lipinski definition) is 0. The predicted octanol–water partition coefficient (Wildman–Crippen LogP) is 2.86. The van der Waals surface area contributed by atoms with E-state index in [1.54, 1.807) is 24.7 Å². The highest BCUT2D eigenvalue weighted by Gasteiger charge is 2.13. The van der Waals surface area contributed by atoms with Gasteiger partial charge in [-0.1, -0.05) is 0 Å². The molecule has 0 fully saturated rings. The van der Waals surface area contributed by atoms with E-state index in [1.807, 2.05) is 20.8 Å². The van der Waals surface area contributed by atoms with Crippen molar-refractivity contribution in [3.05, 3.63) is 40.1 Å². The maximum atomic E-state index is 12.2. The molecule has 2 aromatic heterocycles. The zero-order valence-corrected chi connectivity index (χ0v) is 11.3. The summed E-state index contributed by atoms with van der Waals surface area (Å²) >= 11 is 1.38. The van der Waals surface area contributed by atoms with Gasteiger partial charge in [0.15, 0.2) is 0 Å². The molecule has 2 rings (SSSR count). The van der Waals surface area contributed by atoms with Crippen molar-refractivity contribution >= 4 is 17.1 Å². The van der Waals surface area contributed by atoms with Crippen LogP contribution in [0.1, 0.15) is 34.1 Å². The van der Waals surface area contributed by atoms with Crippen LogP contribution in [0.15, 0.2) is 24.7 Å². The van der Waals surface area contributed by atoms with Crippen molar-refractivity contribution in [2.24, 2.45) is 0 Å². The summed E-state index contributed by atoms with van der Waals surface area (Å²) in [6.07, 6.45) is 4.81. The summed E-state index contributed by atoms with van der Waals surface area (Å²) in [6.45, 7) is 5.74. The second kappa shape index (κ2) is 5.27. The molecular weight excluding hydrogens is 248 g/mol. The van der Waals surface area contributed by atoms with Gasteiger partial charge in [-0.25, -0.2) is 4.98 Å². The predicted molar refractivity (Wildman–Crippen MR) is 70.3 cm³/mol. The first-order valence-corrected chi connectivity index (χ1v) is 6.46. The normalized spacial score (nSPS) is 10.7. The fourth-order valence-electron chi connectivity index (χ4n) is 1.49. The molecule has 0 aromatic carbocycles. The number of ketones is 1. The molecule has 2 heterocycles. The van der Waals surface area contributed by atoms with E-state index in [2.05, 4.69) is 9.97 Å². The second-order valence-electron chi connectivity index (χ2n) is 4.15. The zero-order chi connectivity index (χ0) is 13.1. The summed E-state index contributed by atoms with van der Waals surface area (Å²) in [7, 11) is 0. The minimum Gasteiger partial charge on any atom is -0.489 e. The average Bonchev–Trinajstić information content (AvgIpc) is 2.74. The summed E-state index contributed by atoms with van der Waals surface area (Å²) in [5.41, 5.74) is 0.525. The Kier molecular flexibility index (Phi) is 3.72. The number of aryl methyl sites for hydroxylation is 1. The number of pyridine rings is 1. The standard InChI is InChI=1S/C13H14N2O2S/c1-8(2)17-11-4-10(5-14-6-11)13(16)12-7-15-9(3)18-12/h4-8H,1-3H3. The highest BCUT2D eigenvalue weighted by molar-refractivity contribution is 7.13. The largest absolute Gasteiger partial charge is 0.489 e. The smallest absolute Gasteiger partial charge is 0.206 e. The van der Waals surface area contributed by atoms with Crippen molar-refractivity contribution in [2.45, 2.75) is 26.9 Å². The first kappa shape index (κ1) is 12.7. The van der Waals surface area contributed by atoms with Gasteiger partial charge in [-0.15, -0.1) is 11.3 Å². The van der Waals surface area contributed by atoms with Crippen LogP contribution >= 0.6 is 11.3 Å². The Morgan fingerprint density at radius 3 is 2.72 bits per heavy atom. The fraction of sp³-hybridized carbons (Fsp3) is 0.308. The van der Waals surface area contributed by atoms with Crippen LogP contribution in [-0.2, 0) is 0 Å². The van der Waals surface area contributed by atoms with Gasteiger partial charge in [0.2, 0.25) is 5.78 Å². The van der Waals surface area contributed by atoms with E-state index < -0.39 is 0 Å². The number of carbonyl (C=O) groups is 1. The van der Waals surface area contributed by atoms with Crippen molar-refractivity contribution in [1.29, 1.82) is 0 Å². The molecule has 0 amide bonds. The molecule has 0 saturated carbocycles. The van der Waals surface area contributed by atoms with Crippen molar-refractivity contribution < 1.29 is 9.53 Å². The number of thiazole rings is 1. The van der Waals surface area contributed by atoms with Crippen LogP contribution < -0.4 is 4.74 Å². The van der Waals surface area contributed by atoms with Gasteiger partial charge >= 0.3 is 0 Å². The van der Waals surface area contributed by atoms with Crippen LogP contribution in [-0.4, -0.2) is 21.9 Å².